The van der Waals surface area contributed by atoms with E-state index in [2.05, 4.69) is 168 Å². The second kappa shape index (κ2) is 8.86. The first kappa shape index (κ1) is 23.4. The lowest BCUT2D eigenvalue weighted by molar-refractivity contribution is 1.58. The zero-order chi connectivity index (χ0) is 20.5. The molecule has 0 aliphatic heterocycles. The predicted octanol–water partition coefficient (Wildman–Crippen LogP) is 12.6. The summed E-state index contributed by atoms with van der Waals surface area (Å²) < 4.78 is 11.6. The highest BCUT2D eigenvalue weighted by atomic mass is 79.9. The molecular formula is C18H4Br9S+. The van der Waals surface area contributed by atoms with Crippen LogP contribution in [0.5, 0.6) is 0 Å². The molecule has 28 heavy (non-hydrogen) atoms. The molecule has 0 bridgehead atoms. The topological polar surface area (TPSA) is 0 Å². The molecule has 1 aromatic heterocycles. The van der Waals surface area contributed by atoms with Gasteiger partial charge < -0.3 is 0 Å². The minimum atomic E-state index is -0.306. The minimum absolute atomic E-state index is 0.306. The molecule has 4 rings (SSSR count). The molecule has 3 aromatic carbocycles. The second-order valence-electron chi connectivity index (χ2n) is 5.68. The van der Waals surface area contributed by atoms with Crippen LogP contribution in [0.15, 0.2) is 64.5 Å². The van der Waals surface area contributed by atoms with Crippen LogP contribution in [0.2, 0.25) is 0 Å². The molecule has 0 unspecified atom stereocenters. The van der Waals surface area contributed by atoms with Gasteiger partial charge >= 0.3 is 0 Å². The number of hydrogen-bond donors (Lipinski definition) is 0. The highest BCUT2D eigenvalue weighted by molar-refractivity contribution is 9.16. The lowest BCUT2D eigenvalue weighted by Gasteiger charge is -2.05. The third-order valence-corrected chi connectivity index (χ3v) is 17.1. The van der Waals surface area contributed by atoms with Crippen molar-refractivity contribution in [2.75, 3.05) is 0 Å². The zero-order valence-electron chi connectivity index (χ0n) is 13.1. The van der Waals surface area contributed by atoms with E-state index in [-0.39, 0.29) is 10.5 Å². The molecule has 0 N–H and O–H groups in total. The van der Waals surface area contributed by atoms with Crippen molar-refractivity contribution in [2.24, 2.45) is 0 Å². The highest BCUT2D eigenvalue weighted by Crippen LogP contribution is 2.61. The summed E-state index contributed by atoms with van der Waals surface area (Å²) in [5.74, 6) is 0. The molecule has 0 saturated heterocycles. The standard InChI is InChI=1S/C18H4Br9S/c19-5-1-3-6(4-2-5)28-17-7(9(20)11(22)13(24)15(17)26)8-10(21)12(23)14(25)16(27)18(8)28/h1-4H/q+1. The SMILES string of the molecule is Brc1ccc(-[s+]2c3c(Br)c(Br)c(Br)c(Br)c3c3c(Br)c(Br)c(Br)c(Br)c32)cc1. The molecule has 0 aliphatic rings. The molecule has 0 spiro atoms. The summed E-state index contributed by atoms with van der Waals surface area (Å²) in [5.41, 5.74) is 0. The van der Waals surface area contributed by atoms with E-state index in [0.717, 1.165) is 40.3 Å². The van der Waals surface area contributed by atoms with Crippen LogP contribution in [-0.2, 0) is 0 Å². The Morgan fingerprint density at radius 2 is 0.786 bits per heavy atom. The van der Waals surface area contributed by atoms with E-state index in [0.29, 0.717) is 0 Å². The van der Waals surface area contributed by atoms with Crippen LogP contribution in [0, 0.1) is 0 Å². The van der Waals surface area contributed by atoms with Crippen molar-refractivity contribution in [3.05, 3.63) is 64.5 Å². The molecule has 0 radical (unpaired) electrons. The molecule has 4 aromatic rings. The van der Waals surface area contributed by atoms with Gasteiger partial charge in [-0.25, -0.2) is 0 Å². The third-order valence-electron chi connectivity index (χ3n) is 4.16. The van der Waals surface area contributed by atoms with Gasteiger partial charge in [-0.3, -0.25) is 0 Å². The Labute approximate surface area is 239 Å². The Morgan fingerprint density at radius 3 is 1.18 bits per heavy atom. The second-order valence-corrected chi connectivity index (χ2v) is 14.8. The van der Waals surface area contributed by atoms with E-state index in [4.69, 9.17) is 0 Å². The van der Waals surface area contributed by atoms with E-state index in [1.807, 2.05) is 0 Å². The van der Waals surface area contributed by atoms with E-state index in [9.17, 15) is 0 Å². The molecule has 0 saturated carbocycles. The lowest BCUT2D eigenvalue weighted by Crippen LogP contribution is -1.81. The van der Waals surface area contributed by atoms with Gasteiger partial charge in [-0.05, 0) is 152 Å². The van der Waals surface area contributed by atoms with Crippen molar-refractivity contribution < 1.29 is 0 Å². The van der Waals surface area contributed by atoms with Crippen molar-refractivity contribution in [3.63, 3.8) is 0 Å². The first-order chi connectivity index (χ1) is 13.2. The molecule has 0 nitrogen and oxygen atoms in total. The van der Waals surface area contributed by atoms with Crippen molar-refractivity contribution in [1.29, 1.82) is 0 Å². The first-order valence-electron chi connectivity index (χ1n) is 7.38. The molecule has 0 amide bonds. The van der Waals surface area contributed by atoms with E-state index in [1.165, 1.54) is 25.1 Å². The van der Waals surface area contributed by atoms with Crippen molar-refractivity contribution in [2.45, 2.75) is 0 Å². The Bertz CT molecular complexity index is 1210. The van der Waals surface area contributed by atoms with E-state index < -0.39 is 0 Å². The summed E-state index contributed by atoms with van der Waals surface area (Å²) in [7, 11) is -0.306. The summed E-state index contributed by atoms with van der Waals surface area (Å²) in [6.45, 7) is 0. The van der Waals surface area contributed by atoms with Gasteiger partial charge in [0.25, 0.3) is 0 Å². The number of benzene rings is 3. The van der Waals surface area contributed by atoms with Crippen LogP contribution >= 0.6 is 154 Å². The number of fused-ring (bicyclic) bond motifs is 3. The predicted molar refractivity (Wildman–Crippen MR) is 155 cm³/mol. The smallest absolute Gasteiger partial charge is 0.0508 e. The monoisotopic (exact) mass is 962 g/mol. The van der Waals surface area contributed by atoms with Gasteiger partial charge in [-0.2, -0.15) is 0 Å². The average molecular weight is 971 g/mol. The van der Waals surface area contributed by atoms with Gasteiger partial charge in [-0.1, -0.05) is 15.9 Å². The molecular weight excluding hydrogens is 967 g/mol. The normalized spacial score (nSPS) is 11.8. The van der Waals surface area contributed by atoms with Crippen molar-refractivity contribution in [1.82, 2.24) is 0 Å². The number of halogens is 9. The summed E-state index contributed by atoms with van der Waals surface area (Å²) in [6.07, 6.45) is 0. The Kier molecular flexibility index (Phi) is 7.39. The summed E-state index contributed by atoms with van der Waals surface area (Å²) in [5, 5.41) is 2.34. The molecule has 0 atom stereocenters. The van der Waals surface area contributed by atoms with Crippen LogP contribution in [0.4, 0.5) is 0 Å². The maximum Gasteiger partial charge on any atom is 0.204 e. The third kappa shape index (κ3) is 3.59. The Hall–Kier alpha value is 2.20. The first-order valence-corrected chi connectivity index (χ1v) is 15.7. The zero-order valence-corrected chi connectivity index (χ0v) is 28.2. The van der Waals surface area contributed by atoms with Crippen LogP contribution < -0.4 is 0 Å². The van der Waals surface area contributed by atoms with Gasteiger partial charge in [0.1, 0.15) is 0 Å². The van der Waals surface area contributed by atoms with Crippen LogP contribution in [0.1, 0.15) is 0 Å². The fraction of sp³-hybridized carbons (Fsp3) is 0. The molecule has 10 heteroatoms. The molecule has 144 valence electrons. The van der Waals surface area contributed by atoms with Crippen molar-refractivity contribution >= 4 is 174 Å². The number of rotatable bonds is 1. The maximum absolute atomic E-state index is 3.86. The van der Waals surface area contributed by atoms with E-state index >= 15 is 0 Å². The summed E-state index contributed by atoms with van der Waals surface area (Å²) >= 11 is 33.9. The fourth-order valence-electron chi connectivity index (χ4n) is 2.96. The van der Waals surface area contributed by atoms with Crippen LogP contribution in [0.3, 0.4) is 0 Å². The quantitative estimate of drug-likeness (QED) is 0.101. The fourth-order valence-corrected chi connectivity index (χ4v) is 11.8. The maximum atomic E-state index is 3.86. The minimum Gasteiger partial charge on any atom is -0.0508 e. The average Bonchev–Trinajstić information content (AvgIpc) is 3.04. The summed E-state index contributed by atoms with van der Waals surface area (Å²) in [4.78, 5) is 1.24. The van der Waals surface area contributed by atoms with Crippen molar-refractivity contribution in [3.8, 4) is 4.90 Å². The van der Waals surface area contributed by atoms with E-state index in [1.54, 1.807) is 0 Å². The van der Waals surface area contributed by atoms with Gasteiger partial charge in [0.2, 0.25) is 9.40 Å². The Balaban J connectivity index is 2.41. The van der Waals surface area contributed by atoms with Crippen LogP contribution in [-0.4, -0.2) is 0 Å². The summed E-state index contributed by atoms with van der Waals surface area (Å²) in [6, 6.07) is 8.54. The largest absolute Gasteiger partial charge is 0.204 e. The highest BCUT2D eigenvalue weighted by Gasteiger charge is 2.35. The molecule has 1 heterocycles. The van der Waals surface area contributed by atoms with Gasteiger partial charge in [-0.15, -0.1) is 0 Å². The van der Waals surface area contributed by atoms with Gasteiger partial charge in [0, 0.05) is 32.8 Å². The molecule has 0 aliphatic carbocycles. The lowest BCUT2D eigenvalue weighted by atomic mass is 10.1. The van der Waals surface area contributed by atoms with Crippen LogP contribution in [0.25, 0.3) is 25.1 Å². The number of thiophene rings is 1. The van der Waals surface area contributed by atoms with Gasteiger partial charge in [0.05, 0.1) is 28.7 Å². The molecule has 0 fully saturated rings. The number of hydrogen-bond acceptors (Lipinski definition) is 0. The van der Waals surface area contributed by atoms with Gasteiger partial charge in [0.15, 0.2) is 4.90 Å². The Morgan fingerprint density at radius 1 is 0.429 bits per heavy atom.